The number of rotatable bonds is 4. The fourth-order valence-electron chi connectivity index (χ4n) is 10.3. The highest BCUT2D eigenvalue weighted by Gasteiger charge is 2.53. The molecule has 0 saturated carbocycles. The molecule has 1 spiro atoms. The maximum atomic E-state index is 6.28. The van der Waals surface area contributed by atoms with Crippen LogP contribution in [0.1, 0.15) is 47.2 Å². The van der Waals surface area contributed by atoms with Crippen molar-refractivity contribution in [3.05, 3.63) is 228 Å². The van der Waals surface area contributed by atoms with Crippen LogP contribution in [-0.2, 0) is 10.8 Å². The van der Waals surface area contributed by atoms with Gasteiger partial charge in [-0.1, -0.05) is 184 Å². The average Bonchev–Trinajstić information content (AvgIpc) is 3.82. The average molecular weight is 755 g/mol. The van der Waals surface area contributed by atoms with Gasteiger partial charge in [0, 0.05) is 32.9 Å². The van der Waals surface area contributed by atoms with E-state index in [1.807, 2.05) is 24.3 Å². The number of para-hydroxylation sites is 1. The first-order valence-electron chi connectivity index (χ1n) is 20.4. The van der Waals surface area contributed by atoms with Crippen molar-refractivity contribution < 1.29 is 4.42 Å². The van der Waals surface area contributed by atoms with E-state index >= 15 is 0 Å². The molecule has 278 valence electrons. The fourth-order valence-corrected chi connectivity index (χ4v) is 10.3. The van der Waals surface area contributed by atoms with Gasteiger partial charge in [0.25, 0.3) is 0 Å². The summed E-state index contributed by atoms with van der Waals surface area (Å²) >= 11 is 0. The Morgan fingerprint density at radius 2 is 0.898 bits per heavy atom. The molecule has 0 bridgehead atoms. The predicted octanol–water partition coefficient (Wildman–Crippen LogP) is 14.0. The molecule has 2 aliphatic carbocycles. The van der Waals surface area contributed by atoms with Crippen molar-refractivity contribution >= 4 is 21.9 Å². The lowest BCUT2D eigenvalue weighted by Crippen LogP contribution is -2.40. The largest absolute Gasteiger partial charge is 0.456 e. The van der Waals surface area contributed by atoms with E-state index in [4.69, 9.17) is 14.4 Å². The lowest BCUT2D eigenvalue weighted by atomic mass is 9.55. The Labute approximate surface area is 343 Å². The molecule has 2 heterocycles. The molecular weight excluding hydrogens is 717 g/mol. The number of fused-ring (bicyclic) bond motifs is 12. The summed E-state index contributed by atoms with van der Waals surface area (Å²) < 4.78 is 6.28. The monoisotopic (exact) mass is 754 g/mol. The first-order valence-corrected chi connectivity index (χ1v) is 20.4. The molecule has 0 N–H and O–H groups in total. The lowest BCUT2D eigenvalue weighted by Gasteiger charge is -2.46. The molecule has 8 aromatic carbocycles. The zero-order valence-corrected chi connectivity index (χ0v) is 32.8. The van der Waals surface area contributed by atoms with Gasteiger partial charge in [-0.05, 0) is 79.9 Å². The number of benzene rings is 8. The smallest absolute Gasteiger partial charge is 0.160 e. The third kappa shape index (κ3) is 4.82. The van der Waals surface area contributed by atoms with Crippen LogP contribution in [0.5, 0.6) is 0 Å². The van der Waals surface area contributed by atoms with E-state index in [1.54, 1.807) is 0 Å². The lowest BCUT2D eigenvalue weighted by molar-refractivity contribution is 0.563. The fraction of sp³-hybridized carbons (Fsp3) is 0.0714. The summed E-state index contributed by atoms with van der Waals surface area (Å²) in [5.41, 5.74) is 19.0. The molecule has 3 nitrogen and oxygen atoms in total. The highest BCUT2D eigenvalue weighted by molar-refractivity contribution is 6.05. The molecule has 0 aliphatic heterocycles. The number of aromatic nitrogens is 2. The second kappa shape index (κ2) is 12.6. The molecule has 0 atom stereocenters. The van der Waals surface area contributed by atoms with Crippen molar-refractivity contribution in [3.8, 4) is 56.2 Å². The van der Waals surface area contributed by atoms with Crippen LogP contribution in [0, 0.1) is 0 Å². The van der Waals surface area contributed by atoms with Gasteiger partial charge in [0.05, 0.1) is 16.8 Å². The van der Waals surface area contributed by atoms with Gasteiger partial charge in [-0.3, -0.25) is 0 Å². The third-order valence-corrected chi connectivity index (χ3v) is 13.0. The molecule has 0 saturated heterocycles. The molecule has 2 aliphatic rings. The minimum atomic E-state index is -0.429. The van der Waals surface area contributed by atoms with Crippen LogP contribution >= 0.6 is 0 Å². The van der Waals surface area contributed by atoms with Crippen LogP contribution in [0.15, 0.2) is 199 Å². The second-order valence-corrected chi connectivity index (χ2v) is 16.5. The Hall–Kier alpha value is -7.36. The van der Waals surface area contributed by atoms with Crippen LogP contribution in [0.2, 0.25) is 0 Å². The van der Waals surface area contributed by atoms with Gasteiger partial charge in [0.1, 0.15) is 11.2 Å². The Morgan fingerprint density at radius 3 is 1.63 bits per heavy atom. The van der Waals surface area contributed by atoms with Crippen LogP contribution in [0.25, 0.3) is 78.1 Å². The number of hydrogen-bond donors (Lipinski definition) is 0. The van der Waals surface area contributed by atoms with Crippen molar-refractivity contribution in [3.63, 3.8) is 0 Å². The van der Waals surface area contributed by atoms with E-state index < -0.39 is 5.41 Å². The van der Waals surface area contributed by atoms with Crippen molar-refractivity contribution in [2.45, 2.75) is 24.7 Å². The highest BCUT2D eigenvalue weighted by atomic mass is 16.3. The zero-order valence-electron chi connectivity index (χ0n) is 32.8. The van der Waals surface area contributed by atoms with Crippen LogP contribution in [0.3, 0.4) is 0 Å². The molecule has 10 aromatic rings. The quantitative estimate of drug-likeness (QED) is 0.180. The number of nitrogens with zero attached hydrogens (tertiary/aromatic N) is 2. The molecule has 12 rings (SSSR count). The van der Waals surface area contributed by atoms with Gasteiger partial charge in [-0.2, -0.15) is 0 Å². The van der Waals surface area contributed by atoms with E-state index in [9.17, 15) is 0 Å². The summed E-state index contributed by atoms with van der Waals surface area (Å²) in [7, 11) is 0. The summed E-state index contributed by atoms with van der Waals surface area (Å²) in [5.74, 6) is 0.659. The Balaban J connectivity index is 1.01. The molecule has 3 heteroatoms. The zero-order chi connectivity index (χ0) is 39.3. The first kappa shape index (κ1) is 33.7. The molecule has 59 heavy (non-hydrogen) atoms. The summed E-state index contributed by atoms with van der Waals surface area (Å²) in [6.07, 6.45) is 0. The van der Waals surface area contributed by atoms with Crippen molar-refractivity contribution in [2.75, 3.05) is 0 Å². The van der Waals surface area contributed by atoms with Gasteiger partial charge in [-0.25, -0.2) is 9.97 Å². The Bertz CT molecular complexity index is 3250. The molecule has 0 fully saturated rings. The van der Waals surface area contributed by atoms with E-state index in [1.165, 1.54) is 55.6 Å². The minimum Gasteiger partial charge on any atom is -0.456 e. The normalized spacial score (nSPS) is 14.2. The standard InChI is InChI=1S/C56H38N2O/c1-55(2)44-21-9-11-23-46(44)56(47-24-12-10-22-45(47)55)43-20-8-6-18-42(43)53-39(19-14-25-48(53)56)35-27-29-37(30-28-35)50-34-49(36-15-4-3-5-16-36)57-54(58-50)38-31-32-41-40-17-7-13-26-51(40)59-52(41)33-38/h3-34H,1-2H3. The Kier molecular flexibility index (Phi) is 7.19. The summed E-state index contributed by atoms with van der Waals surface area (Å²) in [6.45, 7) is 4.75. The Morgan fingerprint density at radius 1 is 0.373 bits per heavy atom. The topological polar surface area (TPSA) is 38.9 Å². The molecular formula is C56H38N2O. The molecule has 0 radical (unpaired) electrons. The van der Waals surface area contributed by atoms with Gasteiger partial charge >= 0.3 is 0 Å². The van der Waals surface area contributed by atoms with Crippen LogP contribution in [0.4, 0.5) is 0 Å². The van der Waals surface area contributed by atoms with E-state index in [-0.39, 0.29) is 5.41 Å². The number of furan rings is 1. The van der Waals surface area contributed by atoms with Gasteiger partial charge in [0.2, 0.25) is 0 Å². The van der Waals surface area contributed by atoms with E-state index in [0.29, 0.717) is 5.82 Å². The van der Waals surface area contributed by atoms with E-state index in [0.717, 1.165) is 50.0 Å². The second-order valence-electron chi connectivity index (χ2n) is 16.5. The van der Waals surface area contributed by atoms with Gasteiger partial charge in [-0.15, -0.1) is 0 Å². The summed E-state index contributed by atoms with van der Waals surface area (Å²) in [5, 5.41) is 2.19. The summed E-state index contributed by atoms with van der Waals surface area (Å²) in [6, 6.07) is 70.1. The third-order valence-electron chi connectivity index (χ3n) is 13.0. The van der Waals surface area contributed by atoms with Crippen LogP contribution < -0.4 is 0 Å². The van der Waals surface area contributed by atoms with Crippen molar-refractivity contribution in [1.29, 1.82) is 0 Å². The predicted molar refractivity (Wildman–Crippen MR) is 240 cm³/mol. The first-order chi connectivity index (χ1) is 29.0. The number of hydrogen-bond acceptors (Lipinski definition) is 3. The highest BCUT2D eigenvalue weighted by Crippen LogP contribution is 2.63. The van der Waals surface area contributed by atoms with Crippen molar-refractivity contribution in [2.24, 2.45) is 0 Å². The molecule has 0 amide bonds. The maximum Gasteiger partial charge on any atom is 0.160 e. The van der Waals surface area contributed by atoms with Crippen molar-refractivity contribution in [1.82, 2.24) is 9.97 Å². The van der Waals surface area contributed by atoms with Gasteiger partial charge in [0.15, 0.2) is 5.82 Å². The summed E-state index contributed by atoms with van der Waals surface area (Å²) in [4.78, 5) is 10.3. The van der Waals surface area contributed by atoms with E-state index in [2.05, 4.69) is 184 Å². The van der Waals surface area contributed by atoms with Crippen LogP contribution in [-0.4, -0.2) is 9.97 Å². The van der Waals surface area contributed by atoms with Gasteiger partial charge < -0.3 is 4.42 Å². The molecule has 2 aromatic heterocycles. The maximum absolute atomic E-state index is 6.28. The molecule has 0 unspecified atom stereocenters. The SMILES string of the molecule is CC1(C)c2ccccc2C2(c3ccccc3-c3c(-c4ccc(-c5cc(-c6ccccc6)nc(-c6ccc7c(c6)oc6ccccc67)n5)cc4)cccc32)c2ccccc21. The minimum absolute atomic E-state index is 0.134.